The Hall–Kier alpha value is -0.350. The first-order valence-electron chi connectivity index (χ1n) is 4.85. The van der Waals surface area contributed by atoms with Crippen LogP contribution in [0.15, 0.2) is 12.4 Å². The van der Waals surface area contributed by atoms with Gasteiger partial charge >= 0.3 is 0 Å². The standard InChI is InChI=1S/C9H17N3S/c1-11-5-6-12(9(11)13)7-8-3-2-4-10-8/h5-6,8-10,13H,2-4,7H2,1H3/t8-,9?/m0/s1. The molecule has 2 rings (SSSR count). The molecule has 13 heavy (non-hydrogen) atoms. The molecule has 3 nitrogen and oxygen atoms in total. The highest BCUT2D eigenvalue weighted by Crippen LogP contribution is 2.18. The third-order valence-corrected chi connectivity index (χ3v) is 3.41. The Morgan fingerprint density at radius 3 is 2.92 bits per heavy atom. The van der Waals surface area contributed by atoms with Crippen LogP contribution in [0.4, 0.5) is 0 Å². The van der Waals surface area contributed by atoms with Crippen molar-refractivity contribution in [2.45, 2.75) is 24.4 Å². The summed E-state index contributed by atoms with van der Waals surface area (Å²) in [6.45, 7) is 2.25. The van der Waals surface area contributed by atoms with Crippen LogP contribution in [0, 0.1) is 0 Å². The van der Waals surface area contributed by atoms with Crippen molar-refractivity contribution in [3.05, 3.63) is 12.4 Å². The Bertz CT molecular complexity index is 201. The van der Waals surface area contributed by atoms with Gasteiger partial charge in [-0.2, -0.15) is 0 Å². The molecule has 0 radical (unpaired) electrons. The summed E-state index contributed by atoms with van der Waals surface area (Å²) in [5, 5.41) is 3.49. The van der Waals surface area contributed by atoms with Crippen LogP contribution in [0.1, 0.15) is 12.8 Å². The van der Waals surface area contributed by atoms with E-state index in [9.17, 15) is 0 Å². The summed E-state index contributed by atoms with van der Waals surface area (Å²) in [6, 6.07) is 0.658. The van der Waals surface area contributed by atoms with Gasteiger partial charge in [0, 0.05) is 32.0 Å². The highest BCUT2D eigenvalue weighted by Gasteiger charge is 2.23. The normalized spacial score (nSPS) is 33.4. The van der Waals surface area contributed by atoms with E-state index in [4.69, 9.17) is 0 Å². The highest BCUT2D eigenvalue weighted by atomic mass is 32.1. The number of hydrogen-bond acceptors (Lipinski definition) is 4. The Balaban J connectivity index is 1.84. The maximum atomic E-state index is 4.52. The molecule has 2 atom stereocenters. The van der Waals surface area contributed by atoms with Crippen LogP contribution < -0.4 is 5.32 Å². The lowest BCUT2D eigenvalue weighted by Crippen LogP contribution is -2.40. The van der Waals surface area contributed by atoms with Crippen molar-refractivity contribution in [1.29, 1.82) is 0 Å². The molecule has 0 amide bonds. The van der Waals surface area contributed by atoms with E-state index in [1.807, 2.05) is 0 Å². The molecular formula is C9H17N3S. The van der Waals surface area contributed by atoms with E-state index in [0.717, 1.165) is 6.54 Å². The van der Waals surface area contributed by atoms with Gasteiger partial charge in [0.15, 0.2) is 0 Å². The van der Waals surface area contributed by atoms with Crippen LogP contribution >= 0.6 is 12.6 Å². The van der Waals surface area contributed by atoms with Gasteiger partial charge in [-0.05, 0) is 19.4 Å². The zero-order chi connectivity index (χ0) is 9.26. The van der Waals surface area contributed by atoms with Crippen LogP contribution in [-0.4, -0.2) is 41.5 Å². The summed E-state index contributed by atoms with van der Waals surface area (Å²) < 4.78 is 0. The Labute approximate surface area is 85.2 Å². The quantitative estimate of drug-likeness (QED) is 0.637. The molecule has 4 heteroatoms. The van der Waals surface area contributed by atoms with Crippen molar-refractivity contribution in [2.24, 2.45) is 0 Å². The molecule has 0 saturated carbocycles. The number of thiol groups is 1. The third kappa shape index (κ3) is 1.94. The van der Waals surface area contributed by atoms with Crippen LogP contribution in [0.2, 0.25) is 0 Å². The molecule has 1 unspecified atom stereocenters. The van der Waals surface area contributed by atoms with E-state index >= 15 is 0 Å². The van der Waals surface area contributed by atoms with Crippen molar-refractivity contribution in [2.75, 3.05) is 20.1 Å². The molecule has 1 fully saturated rings. The van der Waals surface area contributed by atoms with Gasteiger partial charge in [0.05, 0.1) is 0 Å². The lowest BCUT2D eigenvalue weighted by molar-refractivity contribution is 0.246. The monoisotopic (exact) mass is 199 g/mol. The molecule has 0 aromatic heterocycles. The van der Waals surface area contributed by atoms with Crippen LogP contribution in [-0.2, 0) is 0 Å². The molecule has 0 bridgehead atoms. The van der Waals surface area contributed by atoms with Gasteiger partial charge in [-0.15, -0.1) is 12.6 Å². The van der Waals surface area contributed by atoms with Crippen molar-refractivity contribution < 1.29 is 0 Å². The molecule has 2 aliphatic rings. The van der Waals surface area contributed by atoms with Crippen LogP contribution in [0.3, 0.4) is 0 Å². The Morgan fingerprint density at radius 2 is 2.38 bits per heavy atom. The van der Waals surface area contributed by atoms with Crippen molar-refractivity contribution in [1.82, 2.24) is 15.1 Å². The van der Waals surface area contributed by atoms with Gasteiger partial charge in [0.25, 0.3) is 0 Å². The van der Waals surface area contributed by atoms with E-state index in [1.165, 1.54) is 19.4 Å². The first kappa shape index (κ1) is 9.21. The molecule has 1 N–H and O–H groups in total. The smallest absolute Gasteiger partial charge is 0.146 e. The number of nitrogens with zero attached hydrogens (tertiary/aromatic N) is 2. The van der Waals surface area contributed by atoms with Gasteiger partial charge in [-0.1, -0.05) is 0 Å². The first-order chi connectivity index (χ1) is 6.27. The van der Waals surface area contributed by atoms with Gasteiger partial charge in [-0.25, -0.2) is 0 Å². The average Bonchev–Trinajstić information content (AvgIpc) is 2.71. The molecule has 0 aromatic rings. The minimum atomic E-state index is 0.224. The molecule has 0 spiro atoms. The Kier molecular flexibility index (Phi) is 2.69. The van der Waals surface area contributed by atoms with Crippen molar-refractivity contribution >= 4 is 12.6 Å². The predicted octanol–water partition coefficient (Wildman–Crippen LogP) is 0.670. The summed E-state index contributed by atoms with van der Waals surface area (Å²) in [7, 11) is 2.05. The summed E-state index contributed by atoms with van der Waals surface area (Å²) in [6.07, 6.45) is 6.81. The number of hydrogen-bond donors (Lipinski definition) is 2. The molecule has 1 saturated heterocycles. The Morgan fingerprint density at radius 1 is 1.54 bits per heavy atom. The number of nitrogens with one attached hydrogen (secondary N) is 1. The molecule has 2 aliphatic heterocycles. The summed E-state index contributed by atoms with van der Waals surface area (Å²) in [5.74, 6) is 0. The van der Waals surface area contributed by atoms with E-state index < -0.39 is 0 Å². The fraction of sp³-hybridized carbons (Fsp3) is 0.778. The van der Waals surface area contributed by atoms with E-state index in [2.05, 4.69) is 47.2 Å². The minimum absolute atomic E-state index is 0.224. The topological polar surface area (TPSA) is 18.5 Å². The molecule has 2 heterocycles. The van der Waals surface area contributed by atoms with Gasteiger partial charge in [0.1, 0.15) is 5.50 Å². The maximum absolute atomic E-state index is 4.52. The summed E-state index contributed by atoms with van der Waals surface area (Å²) in [5.41, 5.74) is 0.224. The SMILES string of the molecule is CN1C=CN(C[C@@H]2CCCN2)C1S. The lowest BCUT2D eigenvalue weighted by atomic mass is 10.2. The second kappa shape index (κ2) is 3.80. The van der Waals surface area contributed by atoms with Crippen molar-refractivity contribution in [3.63, 3.8) is 0 Å². The van der Waals surface area contributed by atoms with Gasteiger partial charge < -0.3 is 15.1 Å². The fourth-order valence-electron chi connectivity index (χ4n) is 1.90. The zero-order valence-electron chi connectivity index (χ0n) is 7.98. The summed E-state index contributed by atoms with van der Waals surface area (Å²) in [4.78, 5) is 4.38. The fourth-order valence-corrected chi connectivity index (χ4v) is 2.15. The predicted molar refractivity (Wildman–Crippen MR) is 57.4 cm³/mol. The first-order valence-corrected chi connectivity index (χ1v) is 5.36. The second-order valence-corrected chi connectivity index (χ2v) is 4.26. The molecule has 0 aromatic carbocycles. The zero-order valence-corrected chi connectivity index (χ0v) is 8.87. The lowest BCUT2D eigenvalue weighted by Gasteiger charge is -2.28. The van der Waals surface area contributed by atoms with Crippen LogP contribution in [0.5, 0.6) is 0 Å². The second-order valence-electron chi connectivity index (χ2n) is 3.80. The van der Waals surface area contributed by atoms with Gasteiger partial charge in [-0.3, -0.25) is 0 Å². The van der Waals surface area contributed by atoms with E-state index in [-0.39, 0.29) is 5.50 Å². The molecular weight excluding hydrogens is 182 g/mol. The highest BCUT2D eigenvalue weighted by molar-refractivity contribution is 7.80. The van der Waals surface area contributed by atoms with Crippen molar-refractivity contribution in [3.8, 4) is 0 Å². The molecule has 74 valence electrons. The average molecular weight is 199 g/mol. The molecule has 0 aliphatic carbocycles. The minimum Gasteiger partial charge on any atom is -0.351 e. The van der Waals surface area contributed by atoms with Gasteiger partial charge in [0.2, 0.25) is 0 Å². The van der Waals surface area contributed by atoms with E-state index in [1.54, 1.807) is 0 Å². The van der Waals surface area contributed by atoms with E-state index in [0.29, 0.717) is 6.04 Å². The number of rotatable bonds is 2. The third-order valence-electron chi connectivity index (χ3n) is 2.75. The summed E-state index contributed by atoms with van der Waals surface area (Å²) >= 11 is 4.52. The van der Waals surface area contributed by atoms with Crippen LogP contribution in [0.25, 0.3) is 0 Å². The largest absolute Gasteiger partial charge is 0.351 e. The maximum Gasteiger partial charge on any atom is 0.146 e.